The molecule has 2 heterocycles. The Morgan fingerprint density at radius 1 is 1.50 bits per heavy atom. The van der Waals surface area contributed by atoms with Crippen molar-refractivity contribution in [1.29, 1.82) is 0 Å². The van der Waals surface area contributed by atoms with E-state index in [4.69, 9.17) is 22.1 Å². The lowest BCUT2D eigenvalue weighted by atomic mass is 9.72. The van der Waals surface area contributed by atoms with E-state index in [-0.39, 0.29) is 18.2 Å². The number of halogens is 1. The Bertz CT molecular complexity index is 402. The van der Waals surface area contributed by atoms with Crippen LogP contribution in [0.25, 0.3) is 0 Å². The van der Waals surface area contributed by atoms with Crippen LogP contribution in [0.1, 0.15) is 6.42 Å². The second-order valence-electron chi connectivity index (χ2n) is 4.26. The summed E-state index contributed by atoms with van der Waals surface area (Å²) in [6.07, 6.45) is 4.42. The Kier molecular flexibility index (Phi) is 2.46. The maximum absolute atomic E-state index is 6.07. The molecule has 0 spiro atoms. The number of aromatic nitrogens is 2. The predicted octanol–water partition coefficient (Wildman–Crippen LogP) is 0.656. The Balaban J connectivity index is 1.71. The number of nitrogens with two attached hydrogens (primary N) is 1. The summed E-state index contributed by atoms with van der Waals surface area (Å²) < 4.78 is 5.61. The van der Waals surface area contributed by atoms with Gasteiger partial charge in [0.25, 0.3) is 0 Å². The number of rotatable bonds is 2. The van der Waals surface area contributed by atoms with Crippen molar-refractivity contribution in [1.82, 2.24) is 9.97 Å². The van der Waals surface area contributed by atoms with Crippen LogP contribution < -0.4 is 11.1 Å². The minimum absolute atomic E-state index is 0.125. The van der Waals surface area contributed by atoms with Gasteiger partial charge in [0.05, 0.1) is 24.5 Å². The molecule has 0 radical (unpaired) electrons. The normalized spacial score (nSPS) is 36.6. The average molecular weight is 241 g/mol. The van der Waals surface area contributed by atoms with E-state index in [0.717, 1.165) is 13.0 Å². The minimum atomic E-state index is 0.125. The van der Waals surface area contributed by atoms with Gasteiger partial charge in [-0.25, -0.2) is 4.98 Å². The van der Waals surface area contributed by atoms with E-state index >= 15 is 0 Å². The van der Waals surface area contributed by atoms with E-state index in [2.05, 4.69) is 15.3 Å². The summed E-state index contributed by atoms with van der Waals surface area (Å²) in [5.74, 6) is 1.14. The molecular weight excluding hydrogens is 228 g/mol. The fourth-order valence-electron chi connectivity index (χ4n) is 2.51. The molecule has 5 nitrogen and oxygen atoms in total. The van der Waals surface area contributed by atoms with Gasteiger partial charge in [-0.1, -0.05) is 11.6 Å². The van der Waals surface area contributed by atoms with Gasteiger partial charge >= 0.3 is 0 Å². The van der Waals surface area contributed by atoms with Crippen LogP contribution in [0, 0.1) is 5.92 Å². The first kappa shape index (κ1) is 10.3. The Morgan fingerprint density at radius 2 is 2.38 bits per heavy atom. The van der Waals surface area contributed by atoms with E-state index in [1.54, 1.807) is 6.20 Å². The van der Waals surface area contributed by atoms with Gasteiger partial charge in [-0.15, -0.1) is 0 Å². The van der Waals surface area contributed by atoms with Crippen LogP contribution in [0.3, 0.4) is 0 Å². The van der Waals surface area contributed by atoms with Gasteiger partial charge in [0.1, 0.15) is 11.0 Å². The highest BCUT2D eigenvalue weighted by Gasteiger charge is 2.52. The molecule has 2 fully saturated rings. The van der Waals surface area contributed by atoms with Crippen molar-refractivity contribution in [3.8, 4) is 0 Å². The largest absolute Gasteiger partial charge is 0.376 e. The van der Waals surface area contributed by atoms with Crippen LogP contribution in [0.15, 0.2) is 12.4 Å². The molecular formula is C10H13ClN4O. The van der Waals surface area contributed by atoms with Gasteiger partial charge in [0.15, 0.2) is 0 Å². The fraction of sp³-hybridized carbons (Fsp3) is 0.600. The zero-order valence-corrected chi connectivity index (χ0v) is 9.39. The lowest BCUT2D eigenvalue weighted by Crippen LogP contribution is -2.65. The van der Waals surface area contributed by atoms with Gasteiger partial charge in [-0.2, -0.15) is 0 Å². The van der Waals surface area contributed by atoms with Crippen molar-refractivity contribution in [2.75, 3.05) is 11.9 Å². The van der Waals surface area contributed by atoms with Crippen LogP contribution in [-0.4, -0.2) is 34.8 Å². The summed E-state index contributed by atoms with van der Waals surface area (Å²) in [6.45, 7) is 0.808. The van der Waals surface area contributed by atoms with Crippen molar-refractivity contribution in [2.24, 2.45) is 11.7 Å². The highest BCUT2D eigenvalue weighted by molar-refractivity contribution is 6.29. The Labute approximate surface area is 98.4 Å². The van der Waals surface area contributed by atoms with E-state index in [1.165, 1.54) is 6.20 Å². The van der Waals surface area contributed by atoms with Crippen molar-refractivity contribution in [3.05, 3.63) is 17.5 Å². The van der Waals surface area contributed by atoms with Crippen LogP contribution >= 0.6 is 11.6 Å². The lowest BCUT2D eigenvalue weighted by Gasteiger charge is -2.45. The summed E-state index contributed by atoms with van der Waals surface area (Å²) in [4.78, 5) is 8.09. The molecule has 1 saturated heterocycles. The molecule has 2 aliphatic rings. The molecule has 0 aromatic carbocycles. The summed E-state index contributed by atoms with van der Waals surface area (Å²) in [5, 5.41) is 3.61. The van der Waals surface area contributed by atoms with Crippen LogP contribution in [0.2, 0.25) is 5.15 Å². The van der Waals surface area contributed by atoms with Crippen molar-refractivity contribution in [3.63, 3.8) is 0 Å². The first-order chi connectivity index (χ1) is 7.75. The third-order valence-electron chi connectivity index (χ3n) is 3.37. The van der Waals surface area contributed by atoms with Crippen LogP contribution in [0.5, 0.6) is 0 Å². The fourth-order valence-corrected chi connectivity index (χ4v) is 2.66. The molecule has 1 aromatic heterocycles. The van der Waals surface area contributed by atoms with Gasteiger partial charge < -0.3 is 15.8 Å². The van der Waals surface area contributed by atoms with Gasteiger partial charge in [-0.3, -0.25) is 4.98 Å². The number of hydrogen-bond acceptors (Lipinski definition) is 5. The monoisotopic (exact) mass is 240 g/mol. The minimum Gasteiger partial charge on any atom is -0.376 e. The molecule has 1 saturated carbocycles. The molecule has 1 aliphatic carbocycles. The maximum atomic E-state index is 6.07. The van der Waals surface area contributed by atoms with Gasteiger partial charge in [0.2, 0.25) is 0 Å². The molecule has 0 bridgehead atoms. The molecule has 86 valence electrons. The molecule has 16 heavy (non-hydrogen) atoms. The highest BCUT2D eigenvalue weighted by Crippen LogP contribution is 2.39. The number of nitrogens with zero attached hydrogens (tertiary/aromatic N) is 2. The van der Waals surface area contributed by atoms with Gasteiger partial charge in [-0.05, 0) is 6.42 Å². The number of nitrogens with one attached hydrogen (secondary N) is 1. The van der Waals surface area contributed by atoms with E-state index in [9.17, 15) is 0 Å². The molecule has 1 aromatic rings. The van der Waals surface area contributed by atoms with E-state index in [1.807, 2.05) is 0 Å². The molecule has 0 amide bonds. The first-order valence-electron chi connectivity index (χ1n) is 5.37. The number of fused-ring (bicyclic) bond motifs is 1. The third-order valence-corrected chi connectivity index (χ3v) is 3.55. The quantitative estimate of drug-likeness (QED) is 0.795. The second-order valence-corrected chi connectivity index (χ2v) is 4.65. The molecule has 4 unspecified atom stereocenters. The Morgan fingerprint density at radius 3 is 3.19 bits per heavy atom. The highest BCUT2D eigenvalue weighted by atomic mass is 35.5. The zero-order chi connectivity index (χ0) is 11.1. The maximum Gasteiger partial charge on any atom is 0.149 e. The van der Waals surface area contributed by atoms with Crippen LogP contribution in [-0.2, 0) is 4.74 Å². The summed E-state index contributed by atoms with van der Waals surface area (Å²) in [6, 6.07) is 0.258. The van der Waals surface area contributed by atoms with Crippen molar-refractivity contribution >= 4 is 17.4 Å². The van der Waals surface area contributed by atoms with Crippen molar-refractivity contribution < 1.29 is 4.74 Å². The standard InChI is InChI=1S/C10H13ClN4O/c11-6-3-13-4-7(14-6)15-9-8(12)5-1-2-16-10(5)9/h3-5,8-10H,1-2,12H2,(H,14,15). The van der Waals surface area contributed by atoms with Gasteiger partial charge in [0, 0.05) is 18.6 Å². The summed E-state index contributed by atoms with van der Waals surface area (Å²) in [5.41, 5.74) is 6.07. The zero-order valence-electron chi connectivity index (χ0n) is 8.64. The molecule has 1 aliphatic heterocycles. The topological polar surface area (TPSA) is 73.1 Å². The first-order valence-corrected chi connectivity index (χ1v) is 5.75. The second kappa shape index (κ2) is 3.84. The average Bonchev–Trinajstić information content (AvgIpc) is 2.70. The number of anilines is 1. The number of hydrogen-bond donors (Lipinski definition) is 2. The predicted molar refractivity (Wildman–Crippen MR) is 60.3 cm³/mol. The van der Waals surface area contributed by atoms with Crippen molar-refractivity contribution in [2.45, 2.75) is 24.6 Å². The van der Waals surface area contributed by atoms with E-state index in [0.29, 0.717) is 16.9 Å². The Hall–Kier alpha value is -0.910. The van der Waals surface area contributed by atoms with Crippen LogP contribution in [0.4, 0.5) is 5.82 Å². The summed E-state index contributed by atoms with van der Waals surface area (Å²) in [7, 11) is 0. The SMILES string of the molecule is NC1C2CCOC2C1Nc1cncc(Cl)n1. The molecule has 6 heteroatoms. The molecule has 4 atom stereocenters. The smallest absolute Gasteiger partial charge is 0.149 e. The summed E-state index contributed by atoms with van der Waals surface area (Å²) >= 11 is 5.76. The molecule has 3 N–H and O–H groups in total. The van der Waals surface area contributed by atoms with E-state index < -0.39 is 0 Å². The third kappa shape index (κ3) is 1.55. The molecule has 3 rings (SSSR count). The number of ether oxygens (including phenoxy) is 1. The lowest BCUT2D eigenvalue weighted by molar-refractivity contribution is 0.00523.